The van der Waals surface area contributed by atoms with E-state index in [1.165, 1.54) is 0 Å². The van der Waals surface area contributed by atoms with Gasteiger partial charge in [-0.1, -0.05) is 43.2 Å². The van der Waals surface area contributed by atoms with Gasteiger partial charge >= 0.3 is 0 Å². The van der Waals surface area contributed by atoms with Crippen LogP contribution in [0.3, 0.4) is 0 Å². The van der Waals surface area contributed by atoms with E-state index in [-0.39, 0.29) is 11.8 Å². The first-order chi connectivity index (χ1) is 15.1. The molecule has 2 amide bonds. The number of benzene rings is 3. The molecule has 0 unspecified atom stereocenters. The highest BCUT2D eigenvalue weighted by Gasteiger charge is 2.18. The third-order valence-corrected chi connectivity index (χ3v) is 5.29. The van der Waals surface area contributed by atoms with Crippen molar-refractivity contribution in [1.29, 1.82) is 0 Å². The Morgan fingerprint density at radius 1 is 0.903 bits per heavy atom. The second-order valence-electron chi connectivity index (χ2n) is 7.42. The zero-order valence-electron chi connectivity index (χ0n) is 17.7. The van der Waals surface area contributed by atoms with Crippen LogP contribution in [-0.2, 0) is 4.79 Å². The molecule has 0 heterocycles. The van der Waals surface area contributed by atoms with E-state index >= 15 is 0 Å². The van der Waals surface area contributed by atoms with E-state index in [1.807, 2.05) is 66.7 Å². The molecule has 0 saturated carbocycles. The molecule has 162 valence electrons. The maximum absolute atomic E-state index is 13.4. The van der Waals surface area contributed by atoms with E-state index < -0.39 is 0 Å². The maximum Gasteiger partial charge on any atom is 0.258 e. The molecule has 0 atom stereocenters. The van der Waals surface area contributed by atoms with E-state index in [4.69, 9.17) is 9.94 Å². The maximum atomic E-state index is 13.4. The molecule has 3 aromatic carbocycles. The molecule has 6 nitrogen and oxygen atoms in total. The van der Waals surface area contributed by atoms with Crippen LogP contribution in [0.4, 0.5) is 5.69 Å². The molecule has 6 heteroatoms. The van der Waals surface area contributed by atoms with Gasteiger partial charge in [-0.05, 0) is 60.0 Å². The van der Waals surface area contributed by atoms with Crippen molar-refractivity contribution in [2.45, 2.75) is 32.1 Å². The van der Waals surface area contributed by atoms with Gasteiger partial charge in [-0.2, -0.15) is 0 Å². The molecule has 0 saturated heterocycles. The number of fused-ring (bicyclic) bond motifs is 1. The Morgan fingerprint density at radius 2 is 1.61 bits per heavy atom. The quantitative estimate of drug-likeness (QED) is 0.276. The lowest BCUT2D eigenvalue weighted by Crippen LogP contribution is -2.32. The van der Waals surface area contributed by atoms with Crippen LogP contribution in [0.25, 0.3) is 10.8 Å². The molecule has 0 aliphatic rings. The summed E-state index contributed by atoms with van der Waals surface area (Å²) in [6.07, 6.45) is 3.55. The second kappa shape index (κ2) is 11.1. The number of nitrogens with one attached hydrogen (secondary N) is 1. The standard InChI is InChI=1S/C25H28N2O4/c1-31-23-15-13-22(14-16-23)27(17-7-3-2-4-10-24(28)26-30)25(29)21-12-11-19-8-5-6-9-20(19)18-21/h5-6,8-9,11-16,18,30H,2-4,7,10,17H2,1H3,(H,26,28). The van der Waals surface area contributed by atoms with E-state index in [0.29, 0.717) is 24.9 Å². The van der Waals surface area contributed by atoms with Gasteiger partial charge < -0.3 is 9.64 Å². The van der Waals surface area contributed by atoms with Crippen molar-refractivity contribution in [3.63, 3.8) is 0 Å². The topological polar surface area (TPSA) is 78.9 Å². The van der Waals surface area contributed by atoms with Gasteiger partial charge in [0, 0.05) is 24.2 Å². The van der Waals surface area contributed by atoms with Crippen LogP contribution in [0, 0.1) is 0 Å². The number of nitrogens with zero attached hydrogens (tertiary/aromatic N) is 1. The Bertz CT molecular complexity index is 1020. The summed E-state index contributed by atoms with van der Waals surface area (Å²) in [4.78, 5) is 26.3. The number of hydrogen-bond acceptors (Lipinski definition) is 4. The fraction of sp³-hybridized carbons (Fsp3) is 0.280. The van der Waals surface area contributed by atoms with E-state index in [9.17, 15) is 9.59 Å². The number of rotatable bonds is 10. The molecule has 31 heavy (non-hydrogen) atoms. The van der Waals surface area contributed by atoms with Gasteiger partial charge in [0.15, 0.2) is 0 Å². The second-order valence-corrected chi connectivity index (χ2v) is 7.42. The Labute approximate surface area is 182 Å². The van der Waals surface area contributed by atoms with Crippen molar-refractivity contribution in [3.05, 3.63) is 72.3 Å². The minimum Gasteiger partial charge on any atom is -0.497 e. The summed E-state index contributed by atoms with van der Waals surface area (Å²) in [5.41, 5.74) is 3.11. The Morgan fingerprint density at radius 3 is 2.32 bits per heavy atom. The van der Waals surface area contributed by atoms with Crippen LogP contribution in [0.2, 0.25) is 0 Å². The van der Waals surface area contributed by atoms with Crippen molar-refractivity contribution >= 4 is 28.3 Å². The zero-order valence-corrected chi connectivity index (χ0v) is 17.7. The highest BCUT2D eigenvalue weighted by molar-refractivity contribution is 6.08. The van der Waals surface area contributed by atoms with E-state index in [2.05, 4.69) is 0 Å². The van der Waals surface area contributed by atoms with Gasteiger partial charge in [-0.25, -0.2) is 5.48 Å². The summed E-state index contributed by atoms with van der Waals surface area (Å²) >= 11 is 0. The van der Waals surface area contributed by atoms with Gasteiger partial charge in [0.2, 0.25) is 5.91 Å². The molecule has 2 N–H and O–H groups in total. The first-order valence-corrected chi connectivity index (χ1v) is 10.5. The van der Waals surface area contributed by atoms with Gasteiger partial charge in [0.05, 0.1) is 7.11 Å². The normalized spacial score (nSPS) is 10.6. The first-order valence-electron chi connectivity index (χ1n) is 10.5. The average Bonchev–Trinajstić information content (AvgIpc) is 2.82. The van der Waals surface area contributed by atoms with E-state index in [0.717, 1.165) is 41.5 Å². The van der Waals surface area contributed by atoms with Crippen molar-refractivity contribution in [2.24, 2.45) is 0 Å². The van der Waals surface area contributed by atoms with Gasteiger partial charge in [-0.15, -0.1) is 0 Å². The number of hydrogen-bond donors (Lipinski definition) is 2. The van der Waals surface area contributed by atoms with Crippen molar-refractivity contribution in [2.75, 3.05) is 18.6 Å². The minimum atomic E-state index is -0.369. The number of unbranched alkanes of at least 4 members (excludes halogenated alkanes) is 3. The molecular formula is C25H28N2O4. The number of ether oxygens (including phenoxy) is 1. The number of hydroxylamine groups is 1. The summed E-state index contributed by atoms with van der Waals surface area (Å²) in [6.45, 7) is 0.574. The summed E-state index contributed by atoms with van der Waals surface area (Å²) in [5, 5.41) is 10.7. The average molecular weight is 421 g/mol. The SMILES string of the molecule is COc1ccc(N(CCCCCCC(=O)NO)C(=O)c2ccc3ccccc3c2)cc1. The lowest BCUT2D eigenvalue weighted by molar-refractivity contribution is -0.129. The monoisotopic (exact) mass is 420 g/mol. The number of amides is 2. The molecular weight excluding hydrogens is 392 g/mol. The molecule has 0 bridgehead atoms. The molecule has 0 fully saturated rings. The zero-order chi connectivity index (χ0) is 22.1. The minimum absolute atomic E-state index is 0.0458. The van der Waals surface area contributed by atoms with Crippen LogP contribution < -0.4 is 15.1 Å². The van der Waals surface area contributed by atoms with Crippen LogP contribution in [0.15, 0.2) is 66.7 Å². The number of carbonyl (C=O) groups excluding carboxylic acids is 2. The summed E-state index contributed by atoms with van der Waals surface area (Å²) < 4.78 is 5.24. The Hall–Kier alpha value is -3.38. The lowest BCUT2D eigenvalue weighted by Gasteiger charge is -2.23. The highest BCUT2D eigenvalue weighted by Crippen LogP contribution is 2.24. The smallest absolute Gasteiger partial charge is 0.258 e. The van der Waals surface area contributed by atoms with Crippen molar-refractivity contribution in [3.8, 4) is 5.75 Å². The molecule has 0 spiro atoms. The Kier molecular flexibility index (Phi) is 8.01. The predicted octanol–water partition coefficient (Wildman–Crippen LogP) is 4.95. The fourth-order valence-corrected chi connectivity index (χ4v) is 3.55. The molecule has 0 aromatic heterocycles. The molecule has 3 aromatic rings. The summed E-state index contributed by atoms with van der Waals surface area (Å²) in [6, 6.07) is 21.2. The third-order valence-electron chi connectivity index (χ3n) is 5.29. The fourth-order valence-electron chi connectivity index (χ4n) is 3.55. The van der Waals surface area contributed by atoms with Gasteiger partial charge in [0.25, 0.3) is 5.91 Å². The third kappa shape index (κ3) is 6.06. The van der Waals surface area contributed by atoms with Crippen molar-refractivity contribution < 1.29 is 19.5 Å². The van der Waals surface area contributed by atoms with Crippen LogP contribution in [0.5, 0.6) is 5.75 Å². The molecule has 3 rings (SSSR count). The molecule has 0 aliphatic heterocycles. The van der Waals surface area contributed by atoms with Crippen molar-refractivity contribution in [1.82, 2.24) is 5.48 Å². The highest BCUT2D eigenvalue weighted by atomic mass is 16.5. The van der Waals surface area contributed by atoms with Crippen LogP contribution >= 0.6 is 0 Å². The Balaban J connectivity index is 1.72. The number of anilines is 1. The van der Waals surface area contributed by atoms with Gasteiger partial charge in [-0.3, -0.25) is 14.8 Å². The van der Waals surface area contributed by atoms with E-state index in [1.54, 1.807) is 17.5 Å². The molecule has 0 radical (unpaired) electrons. The number of methoxy groups -OCH3 is 1. The largest absolute Gasteiger partial charge is 0.497 e. The van der Waals surface area contributed by atoms with Crippen LogP contribution in [-0.4, -0.2) is 30.7 Å². The van der Waals surface area contributed by atoms with Gasteiger partial charge in [0.1, 0.15) is 5.75 Å². The lowest BCUT2D eigenvalue weighted by atomic mass is 10.1. The molecule has 0 aliphatic carbocycles. The first kappa shape index (κ1) is 22.3. The summed E-state index contributed by atoms with van der Waals surface area (Å²) in [7, 11) is 1.62. The summed E-state index contributed by atoms with van der Waals surface area (Å²) in [5.74, 6) is 0.325. The van der Waals surface area contributed by atoms with Crippen LogP contribution in [0.1, 0.15) is 42.5 Å². The predicted molar refractivity (Wildman–Crippen MR) is 122 cm³/mol. The number of carbonyl (C=O) groups is 2.